The van der Waals surface area contributed by atoms with E-state index in [4.69, 9.17) is 0 Å². The van der Waals surface area contributed by atoms with Crippen LogP contribution in [-0.4, -0.2) is 26.4 Å². The maximum Gasteiger partial charge on any atom is 0.230 e. The van der Waals surface area contributed by atoms with Crippen LogP contribution in [0.25, 0.3) is 10.8 Å². The molecule has 4 rings (SSSR count). The molecule has 3 aromatic rings. The standard InChI is InChI=1S/C21H24N4OS/c1-15(17-11-10-16-7-4-5-8-18(16)13-17)22-20(26)14-27-21-24-23-19-9-3-2-6-12-25(19)21/h4-5,7-8,10-11,13,15H,2-3,6,9,12,14H2,1H3,(H,22,26)/t15-/m1/s1. The number of aromatic nitrogens is 3. The summed E-state index contributed by atoms with van der Waals surface area (Å²) < 4.78 is 2.18. The first-order valence-electron chi connectivity index (χ1n) is 9.53. The van der Waals surface area contributed by atoms with Gasteiger partial charge in [0.25, 0.3) is 0 Å². The Kier molecular flexibility index (Phi) is 5.43. The zero-order valence-corrected chi connectivity index (χ0v) is 16.3. The molecule has 140 valence electrons. The van der Waals surface area contributed by atoms with Gasteiger partial charge in [-0.2, -0.15) is 0 Å². The highest BCUT2D eigenvalue weighted by Crippen LogP contribution is 2.23. The minimum atomic E-state index is -0.0294. The molecule has 27 heavy (non-hydrogen) atoms. The number of thioether (sulfide) groups is 1. The van der Waals surface area contributed by atoms with Crippen LogP contribution in [0.3, 0.4) is 0 Å². The van der Waals surface area contributed by atoms with E-state index < -0.39 is 0 Å². The largest absolute Gasteiger partial charge is 0.349 e. The zero-order valence-electron chi connectivity index (χ0n) is 15.5. The lowest BCUT2D eigenvalue weighted by Gasteiger charge is -2.15. The minimum absolute atomic E-state index is 0.0200. The maximum atomic E-state index is 12.4. The molecule has 0 spiro atoms. The number of carbonyl (C=O) groups is 1. The first-order valence-corrected chi connectivity index (χ1v) is 10.5. The predicted molar refractivity (Wildman–Crippen MR) is 109 cm³/mol. The number of hydrogen-bond acceptors (Lipinski definition) is 4. The van der Waals surface area contributed by atoms with Gasteiger partial charge in [0.15, 0.2) is 5.16 Å². The Balaban J connectivity index is 1.37. The lowest BCUT2D eigenvalue weighted by molar-refractivity contribution is -0.119. The molecule has 1 amide bonds. The number of benzene rings is 2. The Hall–Kier alpha value is -2.34. The van der Waals surface area contributed by atoms with Crippen LogP contribution in [0.4, 0.5) is 0 Å². The first kappa shape index (κ1) is 18.0. The number of amides is 1. The van der Waals surface area contributed by atoms with Crippen LogP contribution in [-0.2, 0) is 17.8 Å². The topological polar surface area (TPSA) is 59.8 Å². The van der Waals surface area contributed by atoms with Gasteiger partial charge in [-0.15, -0.1) is 10.2 Å². The molecule has 0 bridgehead atoms. The van der Waals surface area contributed by atoms with Crippen molar-refractivity contribution in [3.05, 3.63) is 53.9 Å². The van der Waals surface area contributed by atoms with Gasteiger partial charge in [-0.1, -0.05) is 54.6 Å². The second kappa shape index (κ2) is 8.13. The molecule has 0 radical (unpaired) electrons. The van der Waals surface area contributed by atoms with Crippen molar-refractivity contribution in [2.45, 2.75) is 50.4 Å². The number of rotatable bonds is 5. The van der Waals surface area contributed by atoms with Gasteiger partial charge >= 0.3 is 0 Å². The summed E-state index contributed by atoms with van der Waals surface area (Å²) in [7, 11) is 0. The predicted octanol–water partition coefficient (Wildman–Crippen LogP) is 4.13. The van der Waals surface area contributed by atoms with Gasteiger partial charge in [0, 0.05) is 13.0 Å². The molecule has 1 aliphatic heterocycles. The third kappa shape index (κ3) is 4.16. The highest BCUT2D eigenvalue weighted by atomic mass is 32.2. The molecular weight excluding hydrogens is 356 g/mol. The van der Waals surface area contributed by atoms with E-state index in [2.05, 4.69) is 50.4 Å². The molecular formula is C21H24N4OS. The molecule has 1 aromatic heterocycles. The monoisotopic (exact) mass is 380 g/mol. The van der Waals surface area contributed by atoms with Gasteiger partial charge in [0.2, 0.25) is 5.91 Å². The summed E-state index contributed by atoms with van der Waals surface area (Å²) in [4.78, 5) is 12.4. The maximum absolute atomic E-state index is 12.4. The van der Waals surface area contributed by atoms with E-state index in [0.29, 0.717) is 5.75 Å². The molecule has 2 heterocycles. The Bertz CT molecular complexity index is 952. The van der Waals surface area contributed by atoms with Gasteiger partial charge in [-0.05, 0) is 42.2 Å². The van der Waals surface area contributed by atoms with Gasteiger partial charge < -0.3 is 9.88 Å². The van der Waals surface area contributed by atoms with Crippen LogP contribution < -0.4 is 5.32 Å². The quantitative estimate of drug-likeness (QED) is 0.676. The number of nitrogens with one attached hydrogen (secondary N) is 1. The lowest BCUT2D eigenvalue weighted by Crippen LogP contribution is -2.28. The molecule has 1 N–H and O–H groups in total. The molecule has 0 unspecified atom stereocenters. The van der Waals surface area contributed by atoms with E-state index in [-0.39, 0.29) is 11.9 Å². The van der Waals surface area contributed by atoms with Gasteiger partial charge in [0.05, 0.1) is 11.8 Å². The summed E-state index contributed by atoms with van der Waals surface area (Å²) in [6.07, 6.45) is 4.55. The van der Waals surface area contributed by atoms with Crippen LogP contribution >= 0.6 is 11.8 Å². The number of aryl methyl sites for hydroxylation is 1. The summed E-state index contributed by atoms with van der Waals surface area (Å²) in [6, 6.07) is 14.6. The number of hydrogen-bond donors (Lipinski definition) is 1. The van der Waals surface area contributed by atoms with E-state index in [1.54, 1.807) is 0 Å². The molecule has 0 saturated heterocycles. The van der Waals surface area contributed by atoms with Crippen molar-refractivity contribution in [2.75, 3.05) is 5.75 Å². The molecule has 1 atom stereocenters. The van der Waals surface area contributed by atoms with Crippen LogP contribution in [0.5, 0.6) is 0 Å². The van der Waals surface area contributed by atoms with E-state index in [1.807, 2.05) is 19.1 Å². The summed E-state index contributed by atoms with van der Waals surface area (Å²) in [5.74, 6) is 1.43. The smallest absolute Gasteiger partial charge is 0.230 e. The molecule has 0 fully saturated rings. The summed E-state index contributed by atoms with van der Waals surface area (Å²) in [6.45, 7) is 2.98. The third-order valence-electron chi connectivity index (χ3n) is 5.06. The van der Waals surface area contributed by atoms with Gasteiger partial charge in [-0.25, -0.2) is 0 Å². The van der Waals surface area contributed by atoms with Crippen molar-refractivity contribution in [2.24, 2.45) is 0 Å². The van der Waals surface area contributed by atoms with Crippen molar-refractivity contribution >= 4 is 28.4 Å². The Morgan fingerprint density at radius 1 is 1.15 bits per heavy atom. The highest BCUT2D eigenvalue weighted by molar-refractivity contribution is 7.99. The number of nitrogens with zero attached hydrogens (tertiary/aromatic N) is 3. The normalized spacial score (nSPS) is 15.1. The van der Waals surface area contributed by atoms with E-state index in [1.165, 1.54) is 35.4 Å². The van der Waals surface area contributed by atoms with Crippen molar-refractivity contribution in [3.8, 4) is 0 Å². The molecule has 5 nitrogen and oxygen atoms in total. The fraction of sp³-hybridized carbons (Fsp3) is 0.381. The van der Waals surface area contributed by atoms with E-state index >= 15 is 0 Å². The Morgan fingerprint density at radius 3 is 2.89 bits per heavy atom. The molecule has 1 aliphatic rings. The number of carbonyl (C=O) groups excluding carboxylic acids is 1. The van der Waals surface area contributed by atoms with Crippen molar-refractivity contribution in [1.82, 2.24) is 20.1 Å². The molecule has 2 aromatic carbocycles. The van der Waals surface area contributed by atoms with Crippen LogP contribution in [0, 0.1) is 0 Å². The van der Waals surface area contributed by atoms with E-state index in [9.17, 15) is 4.79 Å². The summed E-state index contributed by atoms with van der Waals surface area (Å²) in [5.41, 5.74) is 1.11. The molecule has 0 aliphatic carbocycles. The van der Waals surface area contributed by atoms with Crippen molar-refractivity contribution in [1.29, 1.82) is 0 Å². The fourth-order valence-electron chi connectivity index (χ4n) is 3.54. The second-order valence-electron chi connectivity index (χ2n) is 7.05. The first-order chi connectivity index (χ1) is 13.2. The average Bonchev–Trinajstić information content (AvgIpc) is 2.92. The van der Waals surface area contributed by atoms with Crippen LogP contribution in [0.1, 0.15) is 43.6 Å². The summed E-state index contributed by atoms with van der Waals surface area (Å²) in [5, 5.41) is 14.9. The Labute approximate surface area is 163 Å². The van der Waals surface area contributed by atoms with Crippen LogP contribution in [0.2, 0.25) is 0 Å². The van der Waals surface area contributed by atoms with Gasteiger partial charge in [0.1, 0.15) is 5.82 Å². The van der Waals surface area contributed by atoms with Gasteiger partial charge in [-0.3, -0.25) is 4.79 Å². The minimum Gasteiger partial charge on any atom is -0.349 e. The second-order valence-corrected chi connectivity index (χ2v) is 7.99. The third-order valence-corrected chi connectivity index (χ3v) is 6.03. The average molecular weight is 381 g/mol. The zero-order chi connectivity index (χ0) is 18.6. The Morgan fingerprint density at radius 2 is 2.00 bits per heavy atom. The van der Waals surface area contributed by atoms with Crippen molar-refractivity contribution in [3.63, 3.8) is 0 Å². The molecule has 6 heteroatoms. The number of fused-ring (bicyclic) bond motifs is 2. The molecule has 0 saturated carbocycles. The fourth-order valence-corrected chi connectivity index (χ4v) is 4.33. The van der Waals surface area contributed by atoms with Crippen LogP contribution in [0.15, 0.2) is 47.6 Å². The summed E-state index contributed by atoms with van der Waals surface area (Å²) >= 11 is 1.48. The highest BCUT2D eigenvalue weighted by Gasteiger charge is 2.17. The SMILES string of the molecule is C[C@@H](NC(=O)CSc1nnc2n1CCCCC2)c1ccc2ccccc2c1. The lowest BCUT2D eigenvalue weighted by atomic mass is 10.0. The van der Waals surface area contributed by atoms with Crippen molar-refractivity contribution < 1.29 is 4.79 Å². The van der Waals surface area contributed by atoms with E-state index in [0.717, 1.165) is 35.9 Å².